The van der Waals surface area contributed by atoms with Gasteiger partial charge in [0.15, 0.2) is 4.67 Å². The molecule has 2 heterocycles. The third-order valence-corrected chi connectivity index (χ3v) is 3.42. The number of nitrogens with zero attached hydrogens (tertiary/aromatic N) is 1. The molecule has 16 heavy (non-hydrogen) atoms. The monoisotopic (exact) mass is 286 g/mol. The Morgan fingerprint density at radius 1 is 1.56 bits per heavy atom. The predicted molar refractivity (Wildman–Crippen MR) is 64.4 cm³/mol. The van der Waals surface area contributed by atoms with Gasteiger partial charge in [0.1, 0.15) is 6.26 Å². The molecule has 0 bridgehead atoms. The Hall–Kier alpha value is -0.810. The molecule has 0 atom stereocenters. The second-order valence-electron chi connectivity index (χ2n) is 3.99. The number of hydrogen-bond acceptors (Lipinski definition) is 3. The molecule has 0 radical (unpaired) electrons. The third kappa shape index (κ3) is 2.47. The van der Waals surface area contributed by atoms with Crippen LogP contribution in [0.1, 0.15) is 23.2 Å². The molecule has 0 spiro atoms. The number of nitrogens with one attached hydrogen (secondary N) is 1. The lowest BCUT2D eigenvalue weighted by atomic mass is 10.0. The Bertz CT molecular complexity index is 370. The number of furan rings is 1. The molecule has 4 nitrogen and oxygen atoms in total. The van der Waals surface area contributed by atoms with E-state index in [-0.39, 0.29) is 5.91 Å². The minimum Gasteiger partial charge on any atom is -0.457 e. The first kappa shape index (κ1) is 11.7. The van der Waals surface area contributed by atoms with Crippen LogP contribution in [0.2, 0.25) is 0 Å². The molecule has 0 aromatic carbocycles. The number of piperidine rings is 1. The second-order valence-corrected chi connectivity index (χ2v) is 4.78. The highest BCUT2D eigenvalue weighted by atomic mass is 79.9. The van der Waals surface area contributed by atoms with E-state index in [4.69, 9.17) is 4.42 Å². The summed E-state index contributed by atoms with van der Waals surface area (Å²) >= 11 is 3.20. The van der Waals surface area contributed by atoms with Gasteiger partial charge in [-0.3, -0.25) is 4.79 Å². The van der Waals surface area contributed by atoms with Crippen molar-refractivity contribution >= 4 is 21.8 Å². The first-order valence-electron chi connectivity index (χ1n) is 5.41. The summed E-state index contributed by atoms with van der Waals surface area (Å²) in [5.41, 5.74) is 0.620. The molecule has 0 saturated carbocycles. The van der Waals surface area contributed by atoms with Crippen molar-refractivity contribution in [1.29, 1.82) is 0 Å². The number of carbonyl (C=O) groups is 1. The van der Waals surface area contributed by atoms with Gasteiger partial charge in [0.05, 0.1) is 5.56 Å². The minimum absolute atomic E-state index is 0.0593. The first-order chi connectivity index (χ1) is 7.70. The summed E-state index contributed by atoms with van der Waals surface area (Å²) in [6, 6.07) is 2.26. The highest BCUT2D eigenvalue weighted by molar-refractivity contribution is 9.10. The third-order valence-electron chi connectivity index (χ3n) is 3.00. The predicted octanol–water partition coefficient (Wildman–Crippen LogP) is 1.87. The van der Waals surface area contributed by atoms with Crippen molar-refractivity contribution in [3.8, 4) is 0 Å². The normalized spacial score (nSPS) is 17.8. The van der Waals surface area contributed by atoms with Crippen LogP contribution >= 0.6 is 15.9 Å². The number of hydrogen-bond donors (Lipinski definition) is 1. The average molecular weight is 287 g/mol. The summed E-state index contributed by atoms with van der Waals surface area (Å²) in [5, 5.41) is 3.24. The molecule has 88 valence electrons. The largest absolute Gasteiger partial charge is 0.457 e. The fourth-order valence-corrected chi connectivity index (χ4v) is 2.32. The lowest BCUT2D eigenvalue weighted by Crippen LogP contribution is -2.43. The van der Waals surface area contributed by atoms with Crippen LogP contribution in [0.5, 0.6) is 0 Å². The van der Waals surface area contributed by atoms with Crippen LogP contribution in [0.25, 0.3) is 0 Å². The molecule has 2 rings (SSSR count). The molecular weight excluding hydrogens is 272 g/mol. The molecule has 1 aliphatic rings. The van der Waals surface area contributed by atoms with Crippen molar-refractivity contribution in [3.05, 3.63) is 22.6 Å². The Kier molecular flexibility index (Phi) is 3.66. The molecule has 5 heteroatoms. The zero-order chi connectivity index (χ0) is 11.5. The molecule has 1 aliphatic heterocycles. The molecule has 1 fully saturated rings. The highest BCUT2D eigenvalue weighted by Crippen LogP contribution is 2.18. The molecule has 1 aromatic rings. The summed E-state index contributed by atoms with van der Waals surface area (Å²) in [7, 11) is 1.97. The fourth-order valence-electron chi connectivity index (χ4n) is 1.98. The van der Waals surface area contributed by atoms with E-state index in [1.165, 1.54) is 6.26 Å². The zero-order valence-electron chi connectivity index (χ0n) is 9.20. The van der Waals surface area contributed by atoms with E-state index in [0.29, 0.717) is 16.3 Å². The van der Waals surface area contributed by atoms with E-state index in [2.05, 4.69) is 21.2 Å². The van der Waals surface area contributed by atoms with Gasteiger partial charge in [-0.1, -0.05) is 0 Å². The van der Waals surface area contributed by atoms with E-state index >= 15 is 0 Å². The molecule has 0 aliphatic carbocycles. The van der Waals surface area contributed by atoms with Crippen molar-refractivity contribution < 1.29 is 9.21 Å². The van der Waals surface area contributed by atoms with E-state index < -0.39 is 0 Å². The van der Waals surface area contributed by atoms with E-state index in [9.17, 15) is 4.79 Å². The van der Waals surface area contributed by atoms with E-state index in [1.54, 1.807) is 6.07 Å². The van der Waals surface area contributed by atoms with Crippen molar-refractivity contribution in [2.45, 2.75) is 18.9 Å². The lowest BCUT2D eigenvalue weighted by molar-refractivity contribution is 0.0706. The summed E-state index contributed by atoms with van der Waals surface area (Å²) < 4.78 is 5.67. The molecule has 1 saturated heterocycles. The smallest absolute Gasteiger partial charge is 0.257 e. The van der Waals surface area contributed by atoms with Gasteiger partial charge in [0, 0.05) is 25.2 Å². The van der Waals surface area contributed by atoms with Gasteiger partial charge in [-0.05, 0) is 35.8 Å². The Morgan fingerprint density at radius 3 is 2.75 bits per heavy atom. The molecule has 1 amide bonds. The first-order valence-corrected chi connectivity index (χ1v) is 6.20. The van der Waals surface area contributed by atoms with Gasteiger partial charge >= 0.3 is 0 Å². The van der Waals surface area contributed by atoms with Crippen molar-refractivity contribution in [3.63, 3.8) is 0 Å². The van der Waals surface area contributed by atoms with Crippen LogP contribution in [0.3, 0.4) is 0 Å². The summed E-state index contributed by atoms with van der Waals surface area (Å²) in [4.78, 5) is 13.9. The maximum Gasteiger partial charge on any atom is 0.257 e. The van der Waals surface area contributed by atoms with Crippen LogP contribution in [0, 0.1) is 0 Å². The summed E-state index contributed by atoms with van der Waals surface area (Å²) in [5.74, 6) is 0.0593. The van der Waals surface area contributed by atoms with Crippen LogP contribution in [-0.4, -0.2) is 37.0 Å². The van der Waals surface area contributed by atoms with Crippen molar-refractivity contribution in [2.24, 2.45) is 0 Å². The van der Waals surface area contributed by atoms with Gasteiger partial charge in [-0.25, -0.2) is 0 Å². The fraction of sp³-hybridized carbons (Fsp3) is 0.545. The zero-order valence-corrected chi connectivity index (χ0v) is 10.8. The molecular formula is C11H15BrN2O2. The van der Waals surface area contributed by atoms with Gasteiger partial charge in [0.25, 0.3) is 5.91 Å². The Morgan fingerprint density at radius 2 is 2.25 bits per heavy atom. The van der Waals surface area contributed by atoms with Crippen LogP contribution in [0.15, 0.2) is 21.4 Å². The summed E-state index contributed by atoms with van der Waals surface area (Å²) in [6.45, 7) is 1.63. The minimum atomic E-state index is 0.0593. The number of amides is 1. The maximum atomic E-state index is 12.0. The van der Waals surface area contributed by atoms with Gasteiger partial charge in [0.2, 0.25) is 0 Å². The quantitative estimate of drug-likeness (QED) is 0.903. The molecule has 0 unspecified atom stereocenters. The number of carbonyl (C=O) groups excluding carboxylic acids is 1. The summed E-state index contributed by atoms with van der Waals surface area (Å²) in [6.07, 6.45) is 3.53. The van der Waals surface area contributed by atoms with Crippen LogP contribution in [0.4, 0.5) is 0 Å². The highest BCUT2D eigenvalue weighted by Gasteiger charge is 2.23. The maximum absolute atomic E-state index is 12.0. The van der Waals surface area contributed by atoms with Crippen LogP contribution in [-0.2, 0) is 0 Å². The van der Waals surface area contributed by atoms with Gasteiger partial charge < -0.3 is 14.6 Å². The van der Waals surface area contributed by atoms with E-state index in [0.717, 1.165) is 25.9 Å². The van der Waals surface area contributed by atoms with E-state index in [1.807, 2.05) is 11.9 Å². The number of likely N-dealkylation sites (tertiary alicyclic amines) is 1. The Balaban J connectivity index is 1.96. The standard InChI is InChI=1S/C11H15BrN2O2/c1-13-9-2-4-14(5-3-9)11(15)8-6-10(12)16-7-8/h6-7,9,13H,2-5H2,1H3. The van der Waals surface area contributed by atoms with Crippen LogP contribution < -0.4 is 5.32 Å². The Labute approximate surface area is 103 Å². The van der Waals surface area contributed by atoms with Gasteiger partial charge in [-0.2, -0.15) is 0 Å². The van der Waals surface area contributed by atoms with Crippen molar-refractivity contribution in [1.82, 2.24) is 10.2 Å². The SMILES string of the molecule is CNC1CCN(C(=O)c2coc(Br)c2)CC1. The number of halogens is 1. The lowest BCUT2D eigenvalue weighted by Gasteiger charge is -2.31. The average Bonchev–Trinajstić information content (AvgIpc) is 2.75. The van der Waals surface area contributed by atoms with Gasteiger partial charge in [-0.15, -0.1) is 0 Å². The van der Waals surface area contributed by atoms with Crippen molar-refractivity contribution in [2.75, 3.05) is 20.1 Å². The molecule has 1 aromatic heterocycles. The second kappa shape index (κ2) is 5.01. The molecule has 1 N–H and O–H groups in total. The topological polar surface area (TPSA) is 45.5 Å². The number of rotatable bonds is 2.